The summed E-state index contributed by atoms with van der Waals surface area (Å²) in [4.78, 5) is 12.9. The highest BCUT2D eigenvalue weighted by Crippen LogP contribution is 2.27. The van der Waals surface area contributed by atoms with Crippen molar-refractivity contribution in [2.45, 2.75) is 6.54 Å². The van der Waals surface area contributed by atoms with E-state index in [-0.39, 0.29) is 11.7 Å². The minimum absolute atomic E-state index is 0.189. The van der Waals surface area contributed by atoms with Crippen LogP contribution in [0.2, 0.25) is 0 Å². The van der Waals surface area contributed by atoms with Crippen LogP contribution in [0.25, 0.3) is 10.2 Å². The minimum atomic E-state index is -0.274. The lowest BCUT2D eigenvalue weighted by atomic mass is 10.2. The van der Waals surface area contributed by atoms with Gasteiger partial charge in [-0.05, 0) is 59.5 Å². The summed E-state index contributed by atoms with van der Waals surface area (Å²) in [7, 11) is 1.60. The number of nitrogens with one attached hydrogen (secondary N) is 1. The summed E-state index contributed by atoms with van der Waals surface area (Å²) in [5.74, 6) is 0.267. The SMILES string of the molecule is COc1ccc(NC(=O)c2cc3sccc3n2Cc2ccc(F)cc2)cc1. The molecular weight excluding hydrogens is 363 g/mol. The molecule has 4 aromatic rings. The zero-order valence-corrected chi connectivity index (χ0v) is 15.4. The standard InChI is InChI=1S/C21H17FN2O2S/c1-26-17-8-6-16(7-9-17)23-21(25)19-12-20-18(10-11-27-20)24(19)13-14-2-4-15(22)5-3-14/h2-12H,13H2,1H3,(H,23,25). The molecule has 2 aromatic heterocycles. The first-order valence-corrected chi connectivity index (χ1v) is 9.28. The smallest absolute Gasteiger partial charge is 0.272 e. The minimum Gasteiger partial charge on any atom is -0.497 e. The molecule has 0 atom stereocenters. The van der Waals surface area contributed by atoms with Gasteiger partial charge in [-0.25, -0.2) is 4.39 Å². The van der Waals surface area contributed by atoms with Crippen molar-refractivity contribution in [3.05, 3.63) is 83.1 Å². The van der Waals surface area contributed by atoms with E-state index in [1.54, 1.807) is 54.8 Å². The van der Waals surface area contributed by atoms with Crippen LogP contribution in [0.15, 0.2) is 66.0 Å². The number of anilines is 1. The molecule has 136 valence electrons. The first kappa shape index (κ1) is 17.3. The normalized spacial score (nSPS) is 10.9. The summed E-state index contributed by atoms with van der Waals surface area (Å²) in [5.41, 5.74) is 3.18. The molecule has 0 spiro atoms. The molecule has 2 heterocycles. The van der Waals surface area contributed by atoms with Crippen LogP contribution in [0, 0.1) is 5.82 Å². The Hall–Kier alpha value is -3.12. The Kier molecular flexibility index (Phi) is 4.64. The highest BCUT2D eigenvalue weighted by atomic mass is 32.1. The molecule has 27 heavy (non-hydrogen) atoms. The average molecular weight is 380 g/mol. The van der Waals surface area contributed by atoms with Crippen LogP contribution < -0.4 is 10.1 Å². The summed E-state index contributed by atoms with van der Waals surface area (Å²) in [6.07, 6.45) is 0. The maximum Gasteiger partial charge on any atom is 0.272 e. The Morgan fingerprint density at radius 2 is 1.85 bits per heavy atom. The van der Waals surface area contributed by atoms with E-state index in [0.717, 1.165) is 21.5 Å². The Bertz CT molecular complexity index is 1080. The number of aromatic nitrogens is 1. The van der Waals surface area contributed by atoms with Gasteiger partial charge in [0.2, 0.25) is 0 Å². The number of ether oxygens (including phenoxy) is 1. The lowest BCUT2D eigenvalue weighted by Crippen LogP contribution is -2.17. The predicted molar refractivity (Wildman–Crippen MR) is 106 cm³/mol. The number of rotatable bonds is 5. The quantitative estimate of drug-likeness (QED) is 0.520. The van der Waals surface area contributed by atoms with Crippen molar-refractivity contribution >= 4 is 33.1 Å². The summed E-state index contributed by atoms with van der Waals surface area (Å²) in [6.45, 7) is 0.492. The van der Waals surface area contributed by atoms with E-state index in [4.69, 9.17) is 4.74 Å². The van der Waals surface area contributed by atoms with E-state index in [0.29, 0.717) is 17.9 Å². The fourth-order valence-electron chi connectivity index (χ4n) is 2.98. The molecule has 1 amide bonds. The zero-order chi connectivity index (χ0) is 18.8. The highest BCUT2D eigenvalue weighted by molar-refractivity contribution is 7.17. The molecule has 0 unspecified atom stereocenters. The van der Waals surface area contributed by atoms with Crippen molar-refractivity contribution in [1.29, 1.82) is 0 Å². The Labute approximate surface area is 159 Å². The van der Waals surface area contributed by atoms with Crippen LogP contribution in [0.1, 0.15) is 16.1 Å². The molecule has 0 saturated carbocycles. The number of thiophene rings is 1. The van der Waals surface area contributed by atoms with Crippen LogP contribution >= 0.6 is 11.3 Å². The van der Waals surface area contributed by atoms with Crippen molar-refractivity contribution < 1.29 is 13.9 Å². The van der Waals surface area contributed by atoms with Gasteiger partial charge in [0.1, 0.15) is 17.3 Å². The second-order valence-electron chi connectivity index (χ2n) is 6.09. The third-order valence-electron chi connectivity index (χ3n) is 4.36. The first-order valence-electron chi connectivity index (χ1n) is 8.40. The second-order valence-corrected chi connectivity index (χ2v) is 7.04. The Balaban J connectivity index is 1.64. The van der Waals surface area contributed by atoms with E-state index >= 15 is 0 Å². The monoisotopic (exact) mass is 380 g/mol. The van der Waals surface area contributed by atoms with Gasteiger partial charge in [0.15, 0.2) is 0 Å². The lowest BCUT2D eigenvalue weighted by Gasteiger charge is -2.11. The van der Waals surface area contributed by atoms with E-state index < -0.39 is 0 Å². The first-order chi connectivity index (χ1) is 13.1. The van der Waals surface area contributed by atoms with E-state index in [9.17, 15) is 9.18 Å². The van der Waals surface area contributed by atoms with Crippen LogP contribution in [0.3, 0.4) is 0 Å². The average Bonchev–Trinajstić information content (AvgIpc) is 3.27. The van der Waals surface area contributed by atoms with Crippen LogP contribution in [-0.2, 0) is 6.54 Å². The molecule has 0 saturated heterocycles. The molecule has 0 aliphatic rings. The van der Waals surface area contributed by atoms with E-state index in [1.165, 1.54) is 12.1 Å². The third kappa shape index (κ3) is 3.57. The van der Waals surface area contributed by atoms with Crippen LogP contribution in [-0.4, -0.2) is 17.6 Å². The molecule has 2 aromatic carbocycles. The van der Waals surface area contributed by atoms with Crippen molar-refractivity contribution in [2.24, 2.45) is 0 Å². The molecule has 0 aliphatic heterocycles. The highest BCUT2D eigenvalue weighted by Gasteiger charge is 2.17. The third-order valence-corrected chi connectivity index (χ3v) is 5.21. The van der Waals surface area contributed by atoms with Gasteiger partial charge >= 0.3 is 0 Å². The number of amides is 1. The van der Waals surface area contributed by atoms with Crippen molar-refractivity contribution in [1.82, 2.24) is 4.57 Å². The summed E-state index contributed by atoms with van der Waals surface area (Å²) in [6, 6.07) is 17.4. The molecule has 0 fully saturated rings. The van der Waals surface area contributed by atoms with Gasteiger partial charge in [-0.1, -0.05) is 12.1 Å². The number of hydrogen-bond acceptors (Lipinski definition) is 3. The number of methoxy groups -OCH3 is 1. The topological polar surface area (TPSA) is 43.3 Å². The number of benzene rings is 2. The molecule has 0 radical (unpaired) electrons. The van der Waals surface area contributed by atoms with Crippen molar-refractivity contribution in [3.8, 4) is 5.75 Å². The largest absolute Gasteiger partial charge is 0.497 e. The van der Waals surface area contributed by atoms with E-state index in [1.807, 2.05) is 22.1 Å². The summed E-state index contributed by atoms with van der Waals surface area (Å²) < 4.78 is 21.3. The van der Waals surface area contributed by atoms with Gasteiger partial charge < -0.3 is 14.6 Å². The number of carbonyl (C=O) groups excluding carboxylic acids is 1. The van der Waals surface area contributed by atoms with Crippen LogP contribution in [0.5, 0.6) is 5.75 Å². The second kappa shape index (κ2) is 7.25. The molecular formula is C21H17FN2O2S. The Morgan fingerprint density at radius 3 is 2.56 bits per heavy atom. The molecule has 6 heteroatoms. The maximum absolute atomic E-state index is 13.2. The van der Waals surface area contributed by atoms with Crippen LogP contribution in [0.4, 0.5) is 10.1 Å². The lowest BCUT2D eigenvalue weighted by molar-refractivity contribution is 0.101. The molecule has 1 N–H and O–H groups in total. The predicted octanol–water partition coefficient (Wildman–Crippen LogP) is 5.15. The molecule has 0 bridgehead atoms. The number of carbonyl (C=O) groups is 1. The fourth-order valence-corrected chi connectivity index (χ4v) is 3.80. The van der Waals surface area contributed by atoms with Gasteiger partial charge in [-0.3, -0.25) is 4.79 Å². The zero-order valence-electron chi connectivity index (χ0n) is 14.6. The molecule has 4 nitrogen and oxygen atoms in total. The number of hydrogen-bond donors (Lipinski definition) is 1. The Morgan fingerprint density at radius 1 is 1.11 bits per heavy atom. The van der Waals surface area contributed by atoms with Gasteiger partial charge in [0, 0.05) is 12.2 Å². The van der Waals surface area contributed by atoms with Crippen molar-refractivity contribution in [2.75, 3.05) is 12.4 Å². The molecule has 0 aliphatic carbocycles. The van der Waals surface area contributed by atoms with Crippen molar-refractivity contribution in [3.63, 3.8) is 0 Å². The van der Waals surface area contributed by atoms with Gasteiger partial charge in [-0.2, -0.15) is 0 Å². The summed E-state index contributed by atoms with van der Waals surface area (Å²) >= 11 is 1.59. The maximum atomic E-state index is 13.2. The summed E-state index contributed by atoms with van der Waals surface area (Å²) in [5, 5.41) is 4.92. The number of fused-ring (bicyclic) bond motifs is 1. The number of halogens is 1. The van der Waals surface area contributed by atoms with E-state index in [2.05, 4.69) is 5.32 Å². The van der Waals surface area contributed by atoms with Gasteiger partial charge in [-0.15, -0.1) is 11.3 Å². The molecule has 4 rings (SSSR count). The van der Waals surface area contributed by atoms with Gasteiger partial charge in [0.05, 0.1) is 17.3 Å². The fraction of sp³-hybridized carbons (Fsp3) is 0.0952. The van der Waals surface area contributed by atoms with Gasteiger partial charge in [0.25, 0.3) is 5.91 Å². The number of nitrogens with zero attached hydrogens (tertiary/aromatic N) is 1.